The molecule has 1 fully saturated rings. The Kier molecular flexibility index (Phi) is 5.01. The quantitative estimate of drug-likeness (QED) is 0.743. The maximum atomic E-state index is 13.0. The highest BCUT2D eigenvalue weighted by atomic mass is 32.1. The third kappa shape index (κ3) is 3.41. The van der Waals surface area contributed by atoms with Crippen LogP contribution in [0.5, 0.6) is 0 Å². The molecule has 2 aliphatic heterocycles. The molecule has 2 aromatic rings. The van der Waals surface area contributed by atoms with Gasteiger partial charge in [0.2, 0.25) is 11.8 Å². The van der Waals surface area contributed by atoms with E-state index in [1.165, 1.54) is 20.9 Å². The average Bonchev–Trinajstić information content (AvgIpc) is 3.40. The Balaban J connectivity index is 1.15. The molecule has 4 nitrogen and oxygen atoms in total. The van der Waals surface area contributed by atoms with Crippen molar-refractivity contribution in [3.63, 3.8) is 0 Å². The normalized spacial score (nSPS) is 24.6. The summed E-state index contributed by atoms with van der Waals surface area (Å²) in [7, 11) is 0. The molecule has 6 heteroatoms. The van der Waals surface area contributed by atoms with Crippen molar-refractivity contribution in [1.82, 2.24) is 9.80 Å². The molecule has 0 unspecified atom stereocenters. The molecule has 1 saturated carbocycles. The Morgan fingerprint density at radius 1 is 0.750 bits per heavy atom. The Morgan fingerprint density at radius 3 is 1.61 bits per heavy atom. The predicted octanol–water partition coefficient (Wildman–Crippen LogP) is 4.09. The molecule has 1 aliphatic carbocycles. The molecule has 0 aromatic carbocycles. The van der Waals surface area contributed by atoms with Crippen molar-refractivity contribution in [2.75, 3.05) is 13.1 Å². The van der Waals surface area contributed by atoms with Crippen molar-refractivity contribution in [1.29, 1.82) is 0 Å². The van der Waals surface area contributed by atoms with E-state index in [-0.39, 0.29) is 11.8 Å². The molecule has 4 heterocycles. The minimum Gasteiger partial charge on any atom is -0.338 e. The number of amides is 2. The van der Waals surface area contributed by atoms with Gasteiger partial charge in [-0.25, -0.2) is 0 Å². The highest BCUT2D eigenvalue weighted by Crippen LogP contribution is 2.34. The van der Waals surface area contributed by atoms with Crippen molar-refractivity contribution in [2.24, 2.45) is 11.8 Å². The fraction of sp³-hybridized carbons (Fsp3) is 0.545. The molecule has 0 saturated heterocycles. The van der Waals surface area contributed by atoms with E-state index >= 15 is 0 Å². The van der Waals surface area contributed by atoms with Gasteiger partial charge in [0.15, 0.2) is 0 Å². The lowest BCUT2D eigenvalue weighted by Gasteiger charge is -2.36. The lowest BCUT2D eigenvalue weighted by Crippen LogP contribution is -2.43. The first-order valence-corrected chi connectivity index (χ1v) is 12.1. The second-order valence-corrected chi connectivity index (χ2v) is 10.3. The number of hydrogen-bond donors (Lipinski definition) is 0. The van der Waals surface area contributed by atoms with Crippen LogP contribution in [0.15, 0.2) is 22.9 Å². The second kappa shape index (κ2) is 7.64. The first-order chi connectivity index (χ1) is 13.7. The zero-order valence-electron chi connectivity index (χ0n) is 16.1. The third-order valence-corrected chi connectivity index (χ3v) is 8.71. The largest absolute Gasteiger partial charge is 0.338 e. The van der Waals surface area contributed by atoms with Crippen LogP contribution < -0.4 is 0 Å². The van der Waals surface area contributed by atoms with E-state index in [4.69, 9.17) is 0 Å². The second-order valence-electron chi connectivity index (χ2n) is 8.31. The maximum Gasteiger partial charge on any atom is 0.225 e. The minimum absolute atomic E-state index is 0.106. The van der Waals surface area contributed by atoms with Crippen LogP contribution in [0.2, 0.25) is 0 Å². The topological polar surface area (TPSA) is 40.6 Å². The first kappa shape index (κ1) is 18.4. The fourth-order valence-electron chi connectivity index (χ4n) is 4.98. The van der Waals surface area contributed by atoms with Crippen molar-refractivity contribution in [3.8, 4) is 0 Å². The number of carbonyl (C=O) groups is 2. The average molecular weight is 415 g/mol. The number of thiophene rings is 2. The molecule has 0 atom stereocenters. The monoisotopic (exact) mass is 414 g/mol. The highest BCUT2D eigenvalue weighted by molar-refractivity contribution is 7.10. The van der Waals surface area contributed by atoms with Crippen LogP contribution in [0.4, 0.5) is 0 Å². The first-order valence-electron chi connectivity index (χ1n) is 10.4. The minimum atomic E-state index is 0.106. The van der Waals surface area contributed by atoms with E-state index in [9.17, 15) is 9.59 Å². The third-order valence-electron chi connectivity index (χ3n) is 6.66. The van der Waals surface area contributed by atoms with Crippen LogP contribution in [-0.4, -0.2) is 34.7 Å². The Hall–Kier alpha value is -1.66. The van der Waals surface area contributed by atoms with Crippen LogP contribution in [-0.2, 0) is 35.5 Å². The Labute approximate surface area is 174 Å². The van der Waals surface area contributed by atoms with Crippen LogP contribution in [0.25, 0.3) is 0 Å². The molecule has 2 aromatic heterocycles. The Morgan fingerprint density at radius 2 is 1.18 bits per heavy atom. The molecule has 3 aliphatic rings. The molecule has 0 radical (unpaired) electrons. The van der Waals surface area contributed by atoms with Crippen molar-refractivity contribution < 1.29 is 9.59 Å². The lowest BCUT2D eigenvalue weighted by molar-refractivity contribution is -0.142. The summed E-state index contributed by atoms with van der Waals surface area (Å²) < 4.78 is 0. The molecule has 2 amide bonds. The van der Waals surface area contributed by atoms with Gasteiger partial charge in [0.1, 0.15) is 0 Å². The number of rotatable bonds is 2. The molecule has 5 rings (SSSR count). The van der Waals surface area contributed by atoms with Gasteiger partial charge in [-0.15, -0.1) is 22.7 Å². The van der Waals surface area contributed by atoms with Crippen LogP contribution in [0.3, 0.4) is 0 Å². The van der Waals surface area contributed by atoms with Gasteiger partial charge < -0.3 is 9.80 Å². The number of nitrogens with zero attached hydrogens (tertiary/aromatic N) is 2. The summed E-state index contributed by atoms with van der Waals surface area (Å²) in [5.74, 6) is 0.829. The molecule has 28 heavy (non-hydrogen) atoms. The van der Waals surface area contributed by atoms with E-state index in [0.29, 0.717) is 11.8 Å². The summed E-state index contributed by atoms with van der Waals surface area (Å²) in [6.07, 6.45) is 5.43. The summed E-state index contributed by atoms with van der Waals surface area (Å²) in [5.41, 5.74) is 2.65. The van der Waals surface area contributed by atoms with Gasteiger partial charge in [0.05, 0.1) is 0 Å². The van der Waals surface area contributed by atoms with Gasteiger partial charge in [-0.2, -0.15) is 0 Å². The number of carbonyl (C=O) groups excluding carboxylic acids is 2. The van der Waals surface area contributed by atoms with Crippen molar-refractivity contribution in [2.45, 2.75) is 51.6 Å². The number of hydrogen-bond acceptors (Lipinski definition) is 4. The van der Waals surface area contributed by atoms with E-state index in [2.05, 4.69) is 22.9 Å². The Bertz CT molecular complexity index is 806. The maximum absolute atomic E-state index is 13.0. The summed E-state index contributed by atoms with van der Waals surface area (Å²) in [6, 6.07) is 4.32. The zero-order chi connectivity index (χ0) is 19.1. The van der Waals surface area contributed by atoms with Crippen molar-refractivity contribution in [3.05, 3.63) is 43.8 Å². The smallest absolute Gasteiger partial charge is 0.225 e. The standard InChI is InChI=1S/C22H26N2O2S2/c25-21(23-9-5-19-17(13-23)7-11-27-19)15-1-2-16(4-3-15)22(26)24-10-6-20-18(14-24)8-12-28-20/h7-8,11-12,15-16H,1-6,9-10,13-14H2. The predicted molar refractivity (Wildman–Crippen MR) is 112 cm³/mol. The van der Waals surface area contributed by atoms with Gasteiger partial charge >= 0.3 is 0 Å². The van der Waals surface area contributed by atoms with Crippen LogP contribution in [0.1, 0.15) is 46.6 Å². The van der Waals surface area contributed by atoms with Gasteiger partial charge in [-0.3, -0.25) is 9.59 Å². The zero-order valence-corrected chi connectivity index (χ0v) is 17.7. The van der Waals surface area contributed by atoms with Gasteiger partial charge in [0.25, 0.3) is 0 Å². The summed E-state index contributed by atoms with van der Waals surface area (Å²) in [6.45, 7) is 3.24. The molecule has 148 valence electrons. The lowest BCUT2D eigenvalue weighted by atomic mass is 9.80. The fourth-order valence-corrected chi connectivity index (χ4v) is 6.76. The summed E-state index contributed by atoms with van der Waals surface area (Å²) in [5, 5.41) is 4.27. The van der Waals surface area contributed by atoms with E-state index < -0.39 is 0 Å². The molecule has 0 bridgehead atoms. The summed E-state index contributed by atoms with van der Waals surface area (Å²) >= 11 is 3.62. The van der Waals surface area contributed by atoms with E-state index in [1.807, 2.05) is 32.5 Å². The van der Waals surface area contributed by atoms with Gasteiger partial charge in [-0.1, -0.05) is 0 Å². The summed E-state index contributed by atoms with van der Waals surface area (Å²) in [4.78, 5) is 33.0. The van der Waals surface area contributed by atoms with Gasteiger partial charge in [0, 0.05) is 47.8 Å². The SMILES string of the molecule is O=C(C1CCC(C(=O)N2CCc3sccc3C2)CC1)N1CCc2sccc2C1. The van der Waals surface area contributed by atoms with Crippen LogP contribution in [0, 0.1) is 11.8 Å². The molecule has 0 N–H and O–H groups in total. The van der Waals surface area contributed by atoms with Gasteiger partial charge in [-0.05, 0) is 72.5 Å². The van der Waals surface area contributed by atoms with E-state index in [0.717, 1.165) is 64.7 Å². The van der Waals surface area contributed by atoms with E-state index in [1.54, 1.807) is 0 Å². The van der Waals surface area contributed by atoms with Crippen molar-refractivity contribution >= 4 is 34.5 Å². The highest BCUT2D eigenvalue weighted by Gasteiger charge is 2.35. The molecular weight excluding hydrogens is 388 g/mol. The molecular formula is C22H26N2O2S2. The molecule has 0 spiro atoms. The van der Waals surface area contributed by atoms with Crippen LogP contribution >= 0.6 is 22.7 Å². The number of fused-ring (bicyclic) bond motifs is 2.